The molecule has 0 spiro atoms. The molecule has 1 atom stereocenters. The zero-order valence-electron chi connectivity index (χ0n) is 12.9. The maximum atomic E-state index is 12.3. The molecule has 1 aromatic heterocycles. The summed E-state index contributed by atoms with van der Waals surface area (Å²) in [7, 11) is 0. The van der Waals surface area contributed by atoms with Crippen LogP contribution in [0.4, 0.5) is 0 Å². The maximum Gasteiger partial charge on any atom is 0.253 e. The van der Waals surface area contributed by atoms with Gasteiger partial charge >= 0.3 is 0 Å². The number of H-pyrrole nitrogens is 1. The molecule has 1 aliphatic heterocycles. The van der Waals surface area contributed by atoms with E-state index in [4.69, 9.17) is 0 Å². The molecule has 0 aliphatic carbocycles. The summed E-state index contributed by atoms with van der Waals surface area (Å²) in [5.41, 5.74) is 3.56. The highest BCUT2D eigenvalue weighted by Crippen LogP contribution is 2.21. The van der Waals surface area contributed by atoms with Gasteiger partial charge in [-0.1, -0.05) is 24.3 Å². The van der Waals surface area contributed by atoms with Gasteiger partial charge in [-0.15, -0.1) is 12.4 Å². The Hall–Kier alpha value is -2.11. The van der Waals surface area contributed by atoms with Crippen molar-refractivity contribution in [3.05, 3.63) is 69.1 Å². The van der Waals surface area contributed by atoms with E-state index in [0.717, 1.165) is 13.0 Å². The third-order valence-electron chi connectivity index (χ3n) is 4.06. The molecule has 0 radical (unpaired) electrons. The molecule has 3 rings (SSSR count). The lowest BCUT2D eigenvalue weighted by atomic mass is 9.94. The van der Waals surface area contributed by atoms with E-state index in [-0.39, 0.29) is 29.9 Å². The number of hydrogen-bond acceptors (Lipinski definition) is 3. The lowest BCUT2D eigenvalue weighted by Gasteiger charge is -2.27. The highest BCUT2D eigenvalue weighted by Gasteiger charge is 2.20. The van der Waals surface area contributed by atoms with Gasteiger partial charge in [0, 0.05) is 24.8 Å². The van der Waals surface area contributed by atoms with E-state index in [1.807, 2.05) is 12.1 Å². The largest absolute Gasteiger partial charge is 0.350 e. The molecule has 1 amide bonds. The summed E-state index contributed by atoms with van der Waals surface area (Å²) in [6, 6.07) is 9.86. The molecule has 1 aromatic carbocycles. The van der Waals surface area contributed by atoms with Crippen LogP contribution in [0.3, 0.4) is 0 Å². The second-order valence-corrected chi connectivity index (χ2v) is 5.56. The first-order valence-electron chi connectivity index (χ1n) is 7.44. The summed E-state index contributed by atoms with van der Waals surface area (Å²) >= 11 is 0. The first kappa shape index (κ1) is 17.2. The maximum absolute atomic E-state index is 12.3. The van der Waals surface area contributed by atoms with Crippen LogP contribution in [0.15, 0.2) is 41.3 Å². The number of benzene rings is 1. The molecule has 23 heavy (non-hydrogen) atoms. The summed E-state index contributed by atoms with van der Waals surface area (Å²) in [4.78, 5) is 26.0. The van der Waals surface area contributed by atoms with Crippen LogP contribution >= 0.6 is 12.4 Å². The quantitative estimate of drug-likeness (QED) is 0.800. The van der Waals surface area contributed by atoms with E-state index >= 15 is 0 Å². The van der Waals surface area contributed by atoms with E-state index in [0.29, 0.717) is 17.7 Å². The molecule has 6 heteroatoms. The van der Waals surface area contributed by atoms with Gasteiger partial charge in [0.25, 0.3) is 5.91 Å². The fraction of sp³-hybridized carbons (Fsp3) is 0.294. The normalized spacial score (nSPS) is 16.1. The molecule has 0 bridgehead atoms. The van der Waals surface area contributed by atoms with Gasteiger partial charge in [0.1, 0.15) is 0 Å². The number of pyridine rings is 1. The van der Waals surface area contributed by atoms with Crippen molar-refractivity contribution in [2.75, 3.05) is 13.1 Å². The molecule has 3 N–H and O–H groups in total. The zero-order chi connectivity index (χ0) is 15.5. The Kier molecular flexibility index (Phi) is 5.58. The summed E-state index contributed by atoms with van der Waals surface area (Å²) in [5, 5.41) is 6.38. The van der Waals surface area contributed by atoms with Crippen molar-refractivity contribution in [2.45, 2.75) is 19.4 Å². The van der Waals surface area contributed by atoms with Crippen LogP contribution in [-0.4, -0.2) is 24.0 Å². The highest BCUT2D eigenvalue weighted by molar-refractivity contribution is 5.95. The number of aromatic amines is 1. The molecule has 1 unspecified atom stereocenters. The topological polar surface area (TPSA) is 74.0 Å². The van der Waals surface area contributed by atoms with Crippen molar-refractivity contribution >= 4 is 18.3 Å². The Morgan fingerprint density at radius 2 is 2.13 bits per heavy atom. The number of halogens is 1. The van der Waals surface area contributed by atoms with Crippen LogP contribution in [0.5, 0.6) is 0 Å². The van der Waals surface area contributed by atoms with Gasteiger partial charge in [0.2, 0.25) is 5.56 Å². The van der Waals surface area contributed by atoms with Gasteiger partial charge in [0.05, 0.1) is 5.56 Å². The number of rotatable bonds is 3. The van der Waals surface area contributed by atoms with Gasteiger partial charge in [0.15, 0.2) is 0 Å². The van der Waals surface area contributed by atoms with E-state index in [1.165, 1.54) is 23.4 Å². The van der Waals surface area contributed by atoms with E-state index in [1.54, 1.807) is 6.92 Å². The smallest absolute Gasteiger partial charge is 0.253 e. The fourth-order valence-electron chi connectivity index (χ4n) is 2.88. The molecule has 122 valence electrons. The summed E-state index contributed by atoms with van der Waals surface area (Å²) < 4.78 is 0. The average Bonchev–Trinajstić information content (AvgIpc) is 2.52. The second-order valence-electron chi connectivity index (χ2n) is 5.56. The second kappa shape index (κ2) is 7.44. The fourth-order valence-corrected chi connectivity index (χ4v) is 2.88. The van der Waals surface area contributed by atoms with Gasteiger partial charge in [-0.2, -0.15) is 0 Å². The summed E-state index contributed by atoms with van der Waals surface area (Å²) in [6.45, 7) is 3.20. The number of carbonyl (C=O) groups is 1. The van der Waals surface area contributed by atoms with E-state index in [9.17, 15) is 9.59 Å². The van der Waals surface area contributed by atoms with Crippen LogP contribution in [0.1, 0.15) is 33.1 Å². The highest BCUT2D eigenvalue weighted by atomic mass is 35.5. The standard InChI is InChI=1S/C17H19N3O2.ClH/c1-11-8-16(21)19-9-14(11)17(22)20-10-15-13-5-3-2-4-12(13)6-7-18-15;/h2-5,8-9,15,18H,6-7,10H2,1H3,(H,19,21)(H,20,22);1H. The van der Waals surface area contributed by atoms with Crippen LogP contribution in [-0.2, 0) is 6.42 Å². The minimum atomic E-state index is -0.197. The van der Waals surface area contributed by atoms with Crippen LogP contribution in [0, 0.1) is 6.92 Å². The molecule has 0 fully saturated rings. The summed E-state index contributed by atoms with van der Waals surface area (Å²) in [6.07, 6.45) is 2.48. The SMILES string of the molecule is Cc1cc(=O)[nH]cc1C(=O)NCC1NCCc2ccccc21.Cl. The van der Waals surface area contributed by atoms with Crippen LogP contribution < -0.4 is 16.2 Å². The lowest BCUT2D eigenvalue weighted by Crippen LogP contribution is -2.39. The Labute approximate surface area is 140 Å². The van der Waals surface area contributed by atoms with Gasteiger partial charge in [-0.3, -0.25) is 9.59 Å². The first-order valence-corrected chi connectivity index (χ1v) is 7.44. The minimum Gasteiger partial charge on any atom is -0.350 e. The van der Waals surface area contributed by atoms with E-state index < -0.39 is 0 Å². The van der Waals surface area contributed by atoms with Crippen molar-refractivity contribution in [2.24, 2.45) is 0 Å². The van der Waals surface area contributed by atoms with Crippen molar-refractivity contribution in [1.82, 2.24) is 15.6 Å². The number of fused-ring (bicyclic) bond motifs is 1. The zero-order valence-corrected chi connectivity index (χ0v) is 13.7. The van der Waals surface area contributed by atoms with Crippen molar-refractivity contribution in [3.8, 4) is 0 Å². The molecule has 0 saturated carbocycles. The van der Waals surface area contributed by atoms with Crippen molar-refractivity contribution in [1.29, 1.82) is 0 Å². The number of aromatic nitrogens is 1. The minimum absolute atomic E-state index is 0. The van der Waals surface area contributed by atoms with Crippen molar-refractivity contribution in [3.63, 3.8) is 0 Å². The number of amides is 1. The predicted molar refractivity (Wildman–Crippen MR) is 92.3 cm³/mol. The van der Waals surface area contributed by atoms with Gasteiger partial charge < -0.3 is 15.6 Å². The number of carbonyl (C=O) groups excluding carboxylic acids is 1. The molecule has 1 aliphatic rings. The van der Waals surface area contributed by atoms with Crippen LogP contribution in [0.25, 0.3) is 0 Å². The molecule has 2 heterocycles. The summed E-state index contributed by atoms with van der Waals surface area (Å²) in [5.74, 6) is -0.168. The molecule has 5 nitrogen and oxygen atoms in total. The lowest BCUT2D eigenvalue weighted by molar-refractivity contribution is 0.0948. The molecular weight excluding hydrogens is 314 g/mol. The third-order valence-corrected chi connectivity index (χ3v) is 4.06. The molecule has 2 aromatic rings. The molecular formula is C17H20ClN3O2. The van der Waals surface area contributed by atoms with Gasteiger partial charge in [-0.25, -0.2) is 0 Å². The number of nitrogens with one attached hydrogen (secondary N) is 3. The Morgan fingerprint density at radius 3 is 2.91 bits per heavy atom. The number of hydrogen-bond donors (Lipinski definition) is 3. The predicted octanol–water partition coefficient (Wildman–Crippen LogP) is 1.72. The monoisotopic (exact) mass is 333 g/mol. The average molecular weight is 334 g/mol. The Balaban J connectivity index is 0.00000192. The van der Waals surface area contributed by atoms with Crippen LogP contribution in [0.2, 0.25) is 0 Å². The van der Waals surface area contributed by atoms with E-state index in [2.05, 4.69) is 27.8 Å². The third kappa shape index (κ3) is 3.81. The first-order chi connectivity index (χ1) is 10.6. The van der Waals surface area contributed by atoms with Gasteiger partial charge in [-0.05, 0) is 36.6 Å². The Morgan fingerprint density at radius 1 is 1.35 bits per heavy atom. The van der Waals surface area contributed by atoms with Crippen molar-refractivity contribution < 1.29 is 4.79 Å². The Bertz CT molecular complexity index is 757. The molecule has 0 saturated heterocycles. The number of aryl methyl sites for hydroxylation is 1.